The molecule has 0 aromatic carbocycles. The molecule has 0 aromatic rings. The van der Waals surface area contributed by atoms with Gasteiger partial charge in [0.05, 0.1) is 19.1 Å². The van der Waals surface area contributed by atoms with Crippen LogP contribution in [0.3, 0.4) is 0 Å². The van der Waals surface area contributed by atoms with E-state index in [4.69, 9.17) is 9.47 Å². The molecule has 1 heterocycles. The number of hydrogen-bond donors (Lipinski definition) is 0. The molecule has 3 heteroatoms. The molecular weight excluding hydrogens is 444 g/mol. The maximum atomic E-state index is 11.8. The summed E-state index contributed by atoms with van der Waals surface area (Å²) in [4.78, 5) is 11.8. The first kappa shape index (κ1) is 33.5. The molecule has 0 N–H and O–H groups in total. The monoisotopic (exact) mass is 508 g/mol. The van der Waals surface area contributed by atoms with Gasteiger partial charge in [-0.25, -0.2) is 0 Å². The molecule has 36 heavy (non-hydrogen) atoms. The van der Waals surface area contributed by atoms with E-state index < -0.39 is 0 Å². The minimum atomic E-state index is -0.0490. The summed E-state index contributed by atoms with van der Waals surface area (Å²) in [6.07, 6.45) is 37.5. The first-order valence-corrected chi connectivity index (χ1v) is 16.6. The van der Waals surface area contributed by atoms with Gasteiger partial charge in [0.15, 0.2) is 0 Å². The molecule has 0 spiro atoms. The van der Waals surface area contributed by atoms with Gasteiger partial charge in [-0.15, -0.1) is 0 Å². The van der Waals surface area contributed by atoms with Crippen molar-refractivity contribution in [2.75, 3.05) is 19.8 Å². The lowest BCUT2D eigenvalue weighted by Crippen LogP contribution is -2.18. The number of unbranched alkanes of at least 4 members (excludes halogenated alkanes) is 25. The van der Waals surface area contributed by atoms with E-state index >= 15 is 0 Å². The molecular formula is C33H64O3. The zero-order valence-corrected chi connectivity index (χ0v) is 24.5. The summed E-state index contributed by atoms with van der Waals surface area (Å²) in [5.41, 5.74) is 0. The molecule has 1 aliphatic heterocycles. The summed E-state index contributed by atoms with van der Waals surface area (Å²) in [6.45, 7) is 4.15. The minimum Gasteiger partial charge on any atom is -0.465 e. The van der Waals surface area contributed by atoms with Crippen molar-refractivity contribution < 1.29 is 14.3 Å². The van der Waals surface area contributed by atoms with Crippen molar-refractivity contribution in [3.05, 3.63) is 0 Å². The van der Waals surface area contributed by atoms with Crippen LogP contribution in [0.15, 0.2) is 0 Å². The van der Waals surface area contributed by atoms with Crippen LogP contribution in [0.5, 0.6) is 0 Å². The van der Waals surface area contributed by atoms with E-state index in [0.717, 1.165) is 12.8 Å². The van der Waals surface area contributed by atoms with Crippen LogP contribution < -0.4 is 0 Å². The fraction of sp³-hybridized carbons (Fsp3) is 0.970. The molecule has 1 fully saturated rings. The molecule has 1 aliphatic rings. The van der Waals surface area contributed by atoms with E-state index in [2.05, 4.69) is 6.92 Å². The van der Waals surface area contributed by atoms with Crippen LogP contribution in [0.1, 0.15) is 180 Å². The molecule has 1 atom stereocenters. The Bertz CT molecular complexity index is 444. The summed E-state index contributed by atoms with van der Waals surface area (Å²) in [5, 5.41) is 0. The molecule has 1 rings (SSSR count). The highest BCUT2D eigenvalue weighted by Gasteiger charge is 2.24. The molecule has 0 saturated carbocycles. The Labute approximate surface area is 226 Å². The van der Waals surface area contributed by atoms with E-state index in [1.807, 2.05) is 0 Å². The lowest BCUT2D eigenvalue weighted by molar-refractivity contribution is -0.148. The zero-order valence-electron chi connectivity index (χ0n) is 24.5. The summed E-state index contributed by atoms with van der Waals surface area (Å²) in [5.74, 6) is -0.0545. The van der Waals surface area contributed by atoms with Crippen LogP contribution in [0.25, 0.3) is 0 Å². The fourth-order valence-corrected chi connectivity index (χ4v) is 5.43. The lowest BCUT2D eigenvalue weighted by Gasteiger charge is -2.08. The van der Waals surface area contributed by atoms with Crippen molar-refractivity contribution >= 4 is 5.97 Å². The second-order valence-corrected chi connectivity index (χ2v) is 11.6. The van der Waals surface area contributed by atoms with Crippen LogP contribution in [-0.2, 0) is 14.3 Å². The Hall–Kier alpha value is -0.570. The van der Waals surface area contributed by atoms with Crippen molar-refractivity contribution in [2.45, 2.75) is 180 Å². The molecule has 0 radical (unpaired) electrons. The van der Waals surface area contributed by atoms with Crippen molar-refractivity contribution in [3.63, 3.8) is 0 Å². The Morgan fingerprint density at radius 2 is 0.889 bits per heavy atom. The van der Waals surface area contributed by atoms with E-state index in [-0.39, 0.29) is 11.9 Å². The van der Waals surface area contributed by atoms with Gasteiger partial charge in [0, 0.05) is 6.61 Å². The van der Waals surface area contributed by atoms with E-state index in [1.165, 1.54) is 161 Å². The summed E-state index contributed by atoms with van der Waals surface area (Å²) in [6, 6.07) is 0. The maximum Gasteiger partial charge on any atom is 0.311 e. The van der Waals surface area contributed by atoms with E-state index in [0.29, 0.717) is 19.8 Å². The fourth-order valence-electron chi connectivity index (χ4n) is 5.43. The summed E-state index contributed by atoms with van der Waals surface area (Å²) < 4.78 is 10.6. The molecule has 214 valence electrons. The average Bonchev–Trinajstić information content (AvgIpc) is 3.43. The first-order valence-electron chi connectivity index (χ1n) is 16.6. The second kappa shape index (κ2) is 27.5. The van der Waals surface area contributed by atoms with Crippen LogP contribution in [-0.4, -0.2) is 25.8 Å². The predicted molar refractivity (Wildman–Crippen MR) is 156 cm³/mol. The Morgan fingerprint density at radius 1 is 0.556 bits per heavy atom. The van der Waals surface area contributed by atoms with Crippen molar-refractivity contribution in [1.82, 2.24) is 0 Å². The zero-order chi connectivity index (χ0) is 25.8. The Kier molecular flexibility index (Phi) is 25.5. The average molecular weight is 509 g/mol. The topological polar surface area (TPSA) is 35.5 Å². The molecule has 0 aromatic heterocycles. The number of hydrogen-bond acceptors (Lipinski definition) is 3. The van der Waals surface area contributed by atoms with E-state index in [9.17, 15) is 4.79 Å². The summed E-state index contributed by atoms with van der Waals surface area (Å²) >= 11 is 0. The third kappa shape index (κ3) is 22.6. The van der Waals surface area contributed by atoms with Gasteiger partial charge in [0.25, 0.3) is 0 Å². The van der Waals surface area contributed by atoms with Crippen LogP contribution in [0.4, 0.5) is 0 Å². The summed E-state index contributed by atoms with van der Waals surface area (Å²) in [7, 11) is 0. The number of ether oxygens (including phenoxy) is 2. The first-order chi connectivity index (χ1) is 17.8. The van der Waals surface area contributed by atoms with Crippen LogP contribution in [0.2, 0.25) is 0 Å². The number of carbonyl (C=O) groups excluding carboxylic acids is 1. The van der Waals surface area contributed by atoms with Crippen LogP contribution in [0, 0.1) is 5.92 Å². The van der Waals surface area contributed by atoms with Crippen molar-refractivity contribution in [3.8, 4) is 0 Å². The van der Waals surface area contributed by atoms with Gasteiger partial charge in [0.1, 0.15) is 0 Å². The maximum absolute atomic E-state index is 11.8. The number of esters is 1. The highest BCUT2D eigenvalue weighted by atomic mass is 16.5. The Morgan fingerprint density at radius 3 is 1.19 bits per heavy atom. The van der Waals surface area contributed by atoms with Gasteiger partial charge < -0.3 is 9.47 Å². The third-order valence-electron chi connectivity index (χ3n) is 8.01. The highest BCUT2D eigenvalue weighted by Crippen LogP contribution is 2.17. The smallest absolute Gasteiger partial charge is 0.311 e. The van der Waals surface area contributed by atoms with Gasteiger partial charge >= 0.3 is 5.97 Å². The largest absolute Gasteiger partial charge is 0.465 e. The molecule has 0 bridgehead atoms. The standard InChI is InChI=1S/C33H64O3/c1-2-3-4-5-6-7-8-9-10-11-12-13-14-15-16-17-18-19-20-21-22-23-24-25-26-27-29-36-33(34)32-28-30-35-31-32/h32H,2-31H2,1H3. The van der Waals surface area contributed by atoms with Gasteiger partial charge in [-0.3, -0.25) is 4.79 Å². The van der Waals surface area contributed by atoms with Gasteiger partial charge in [-0.2, -0.15) is 0 Å². The predicted octanol–water partition coefficient (Wildman–Crippen LogP) is 10.7. The molecule has 0 amide bonds. The molecule has 0 aliphatic carbocycles. The second-order valence-electron chi connectivity index (χ2n) is 11.6. The van der Waals surface area contributed by atoms with Crippen molar-refractivity contribution in [1.29, 1.82) is 0 Å². The normalized spacial score (nSPS) is 15.5. The minimum absolute atomic E-state index is 0.00550. The third-order valence-corrected chi connectivity index (χ3v) is 8.01. The quantitative estimate of drug-likeness (QED) is 0.0778. The van der Waals surface area contributed by atoms with Crippen molar-refractivity contribution in [2.24, 2.45) is 5.92 Å². The SMILES string of the molecule is CCCCCCCCCCCCCCCCCCCCCCCCCCCCOC(=O)C1CCOC1. The van der Waals surface area contributed by atoms with Gasteiger partial charge in [-0.1, -0.05) is 167 Å². The molecule has 1 unspecified atom stereocenters. The molecule has 3 nitrogen and oxygen atoms in total. The number of carbonyl (C=O) groups is 1. The molecule has 1 saturated heterocycles. The lowest BCUT2D eigenvalue weighted by atomic mass is 10.0. The number of rotatable bonds is 28. The van der Waals surface area contributed by atoms with Gasteiger partial charge in [-0.05, 0) is 12.8 Å². The van der Waals surface area contributed by atoms with E-state index in [1.54, 1.807) is 0 Å². The Balaban J connectivity index is 1.63. The van der Waals surface area contributed by atoms with Gasteiger partial charge in [0.2, 0.25) is 0 Å². The van der Waals surface area contributed by atoms with Crippen LogP contribution >= 0.6 is 0 Å². The highest BCUT2D eigenvalue weighted by molar-refractivity contribution is 5.72.